The maximum Gasteiger partial charge on any atom is 0.130 e. The van der Waals surface area contributed by atoms with Crippen LogP contribution in [0.15, 0.2) is 12.1 Å². The lowest BCUT2D eigenvalue weighted by atomic mass is 9.98. The van der Waals surface area contributed by atoms with Crippen LogP contribution in [0.3, 0.4) is 0 Å². The molecule has 1 aliphatic heterocycles. The fourth-order valence-corrected chi connectivity index (χ4v) is 1.68. The Morgan fingerprint density at radius 1 is 1.54 bits per heavy atom. The Balaban J connectivity index is 2.60. The van der Waals surface area contributed by atoms with Crippen LogP contribution in [0.4, 0.5) is 0 Å². The normalized spacial score (nSPS) is 20.6. The lowest BCUT2D eigenvalue weighted by molar-refractivity contribution is 0.262. The zero-order chi connectivity index (χ0) is 9.42. The van der Waals surface area contributed by atoms with E-state index in [1.807, 2.05) is 13.0 Å². The Kier molecular flexibility index (Phi) is 1.88. The first-order valence-corrected chi connectivity index (χ1v) is 4.41. The Morgan fingerprint density at radius 3 is 3.00 bits per heavy atom. The Bertz CT molecular complexity index is 336. The van der Waals surface area contributed by atoms with Gasteiger partial charge in [-0.25, -0.2) is 0 Å². The van der Waals surface area contributed by atoms with Gasteiger partial charge in [-0.3, -0.25) is 0 Å². The lowest BCUT2D eigenvalue weighted by Gasteiger charge is -2.25. The molecule has 0 saturated carbocycles. The van der Waals surface area contributed by atoms with Crippen molar-refractivity contribution in [2.45, 2.75) is 19.4 Å². The minimum atomic E-state index is -0.0938. The molecule has 0 spiro atoms. The maximum atomic E-state index is 9.59. The van der Waals surface area contributed by atoms with Gasteiger partial charge in [-0.1, -0.05) is 6.07 Å². The van der Waals surface area contributed by atoms with E-state index in [-0.39, 0.29) is 11.8 Å². The van der Waals surface area contributed by atoms with Gasteiger partial charge in [0.05, 0.1) is 12.2 Å². The highest BCUT2D eigenvalue weighted by atomic mass is 16.5. The number of aryl methyl sites for hydroxylation is 1. The largest absolute Gasteiger partial charge is 0.507 e. The van der Waals surface area contributed by atoms with E-state index in [1.54, 1.807) is 6.07 Å². The summed E-state index contributed by atoms with van der Waals surface area (Å²) >= 11 is 0. The van der Waals surface area contributed by atoms with E-state index in [0.29, 0.717) is 6.61 Å². The van der Waals surface area contributed by atoms with E-state index in [4.69, 9.17) is 10.5 Å². The van der Waals surface area contributed by atoms with Gasteiger partial charge in [-0.15, -0.1) is 0 Å². The molecule has 0 radical (unpaired) electrons. The van der Waals surface area contributed by atoms with Gasteiger partial charge in [0.2, 0.25) is 0 Å². The Hall–Kier alpha value is -1.22. The van der Waals surface area contributed by atoms with Crippen molar-refractivity contribution in [3.8, 4) is 11.5 Å². The molecular formula is C10H13NO2. The molecule has 3 nitrogen and oxygen atoms in total. The van der Waals surface area contributed by atoms with Gasteiger partial charge in [0.15, 0.2) is 0 Å². The van der Waals surface area contributed by atoms with Crippen LogP contribution in [0.5, 0.6) is 11.5 Å². The summed E-state index contributed by atoms with van der Waals surface area (Å²) in [4.78, 5) is 0. The highest BCUT2D eigenvalue weighted by molar-refractivity contribution is 5.51. The second kappa shape index (κ2) is 2.92. The van der Waals surface area contributed by atoms with Gasteiger partial charge in [0.1, 0.15) is 11.5 Å². The van der Waals surface area contributed by atoms with E-state index in [9.17, 15) is 5.11 Å². The van der Waals surface area contributed by atoms with Crippen molar-refractivity contribution in [2.75, 3.05) is 6.61 Å². The van der Waals surface area contributed by atoms with Crippen LogP contribution in [-0.2, 0) is 0 Å². The molecule has 0 saturated heterocycles. The summed E-state index contributed by atoms with van der Waals surface area (Å²) in [5.41, 5.74) is 7.66. The smallest absolute Gasteiger partial charge is 0.130 e. The molecule has 1 aromatic carbocycles. The van der Waals surface area contributed by atoms with Crippen molar-refractivity contribution in [1.29, 1.82) is 0 Å². The molecule has 1 aliphatic rings. The molecule has 1 aromatic rings. The van der Waals surface area contributed by atoms with Crippen molar-refractivity contribution in [3.63, 3.8) is 0 Å². The van der Waals surface area contributed by atoms with Gasteiger partial charge in [0.25, 0.3) is 0 Å². The number of rotatable bonds is 0. The van der Waals surface area contributed by atoms with Gasteiger partial charge < -0.3 is 15.6 Å². The molecule has 70 valence electrons. The van der Waals surface area contributed by atoms with Gasteiger partial charge in [-0.05, 0) is 18.6 Å². The molecule has 0 amide bonds. The number of ether oxygens (including phenoxy) is 1. The summed E-state index contributed by atoms with van der Waals surface area (Å²) in [6.07, 6.45) is 0.768. The van der Waals surface area contributed by atoms with Gasteiger partial charge in [-0.2, -0.15) is 0 Å². The number of phenolic OH excluding ortho intramolecular Hbond substituents is 1. The minimum absolute atomic E-state index is 0.0938. The topological polar surface area (TPSA) is 55.5 Å². The van der Waals surface area contributed by atoms with Crippen molar-refractivity contribution in [2.24, 2.45) is 5.73 Å². The number of hydrogen-bond acceptors (Lipinski definition) is 3. The Labute approximate surface area is 77.1 Å². The molecule has 3 N–H and O–H groups in total. The fourth-order valence-electron chi connectivity index (χ4n) is 1.68. The standard InChI is InChI=1S/C10H13NO2/c1-6-2-3-8(12)9-7(11)4-5-13-10(6)9/h2-3,7,12H,4-5,11H2,1H3/t7-/m1/s1. The van der Waals surface area contributed by atoms with Crippen molar-refractivity contribution < 1.29 is 9.84 Å². The first-order chi connectivity index (χ1) is 6.20. The average molecular weight is 179 g/mol. The minimum Gasteiger partial charge on any atom is -0.507 e. The fraction of sp³-hybridized carbons (Fsp3) is 0.400. The first kappa shape index (κ1) is 8.38. The lowest BCUT2D eigenvalue weighted by Crippen LogP contribution is -2.21. The van der Waals surface area contributed by atoms with E-state index in [2.05, 4.69) is 0 Å². The van der Waals surface area contributed by atoms with Crippen LogP contribution in [0.2, 0.25) is 0 Å². The summed E-state index contributed by atoms with van der Waals surface area (Å²) in [6, 6.07) is 3.42. The summed E-state index contributed by atoms with van der Waals surface area (Å²) in [7, 11) is 0. The number of phenols is 1. The predicted octanol–water partition coefficient (Wildman–Crippen LogP) is 1.48. The number of aromatic hydroxyl groups is 1. The molecule has 3 heteroatoms. The van der Waals surface area contributed by atoms with E-state index < -0.39 is 0 Å². The van der Waals surface area contributed by atoms with Crippen molar-refractivity contribution in [3.05, 3.63) is 23.3 Å². The van der Waals surface area contributed by atoms with Crippen LogP contribution in [0.25, 0.3) is 0 Å². The summed E-state index contributed by atoms with van der Waals surface area (Å²) < 4.78 is 5.47. The first-order valence-electron chi connectivity index (χ1n) is 4.41. The number of benzene rings is 1. The third kappa shape index (κ3) is 1.25. The summed E-state index contributed by atoms with van der Waals surface area (Å²) in [5, 5.41) is 9.59. The molecule has 0 fully saturated rings. The highest BCUT2D eigenvalue weighted by Crippen LogP contribution is 2.39. The van der Waals surface area contributed by atoms with Gasteiger partial charge in [0, 0.05) is 12.5 Å². The third-order valence-corrected chi connectivity index (χ3v) is 2.42. The second-order valence-electron chi connectivity index (χ2n) is 3.39. The molecule has 2 rings (SSSR count). The number of hydrogen-bond donors (Lipinski definition) is 2. The van der Waals surface area contributed by atoms with Crippen LogP contribution >= 0.6 is 0 Å². The third-order valence-electron chi connectivity index (χ3n) is 2.42. The molecule has 1 heterocycles. The van der Waals surface area contributed by atoms with Crippen LogP contribution < -0.4 is 10.5 Å². The molecule has 0 bridgehead atoms. The maximum absolute atomic E-state index is 9.59. The highest BCUT2D eigenvalue weighted by Gasteiger charge is 2.22. The van der Waals surface area contributed by atoms with E-state index in [0.717, 1.165) is 23.3 Å². The number of fused-ring (bicyclic) bond motifs is 1. The van der Waals surface area contributed by atoms with Crippen molar-refractivity contribution in [1.82, 2.24) is 0 Å². The average Bonchev–Trinajstić information content (AvgIpc) is 2.12. The van der Waals surface area contributed by atoms with Gasteiger partial charge >= 0.3 is 0 Å². The second-order valence-corrected chi connectivity index (χ2v) is 3.39. The van der Waals surface area contributed by atoms with E-state index in [1.165, 1.54) is 0 Å². The molecule has 1 atom stereocenters. The van der Waals surface area contributed by atoms with Crippen LogP contribution in [0.1, 0.15) is 23.6 Å². The summed E-state index contributed by atoms with van der Waals surface area (Å²) in [6.45, 7) is 2.59. The zero-order valence-corrected chi connectivity index (χ0v) is 7.58. The molecular weight excluding hydrogens is 166 g/mol. The van der Waals surface area contributed by atoms with E-state index >= 15 is 0 Å². The number of nitrogens with two attached hydrogens (primary N) is 1. The van der Waals surface area contributed by atoms with Crippen molar-refractivity contribution >= 4 is 0 Å². The molecule has 0 aromatic heterocycles. The monoisotopic (exact) mass is 179 g/mol. The predicted molar refractivity (Wildman–Crippen MR) is 49.9 cm³/mol. The molecule has 13 heavy (non-hydrogen) atoms. The molecule has 0 aliphatic carbocycles. The molecule has 0 unspecified atom stereocenters. The summed E-state index contributed by atoms with van der Waals surface area (Å²) in [5.74, 6) is 1.01. The van der Waals surface area contributed by atoms with Crippen LogP contribution in [0, 0.1) is 6.92 Å². The zero-order valence-electron chi connectivity index (χ0n) is 7.58. The Morgan fingerprint density at radius 2 is 2.31 bits per heavy atom. The quantitative estimate of drug-likeness (QED) is 0.634. The van der Waals surface area contributed by atoms with Crippen LogP contribution in [-0.4, -0.2) is 11.7 Å². The SMILES string of the molecule is Cc1ccc(O)c2c1OCC[C@H]2N.